The van der Waals surface area contributed by atoms with Gasteiger partial charge in [-0.1, -0.05) is 0 Å². The van der Waals surface area contributed by atoms with Crippen molar-refractivity contribution >= 4 is 27.3 Å². The molecule has 1 heterocycles. The smallest absolute Gasteiger partial charge is 0.346 e. The third-order valence-corrected chi connectivity index (χ3v) is 5.23. The van der Waals surface area contributed by atoms with Crippen molar-refractivity contribution in [2.75, 3.05) is 6.54 Å². The summed E-state index contributed by atoms with van der Waals surface area (Å²) >= 11 is 0.752. The largest absolute Gasteiger partial charge is 0.477 e. The lowest BCUT2D eigenvalue weighted by Crippen LogP contribution is -2.23. The average Bonchev–Trinajstić information content (AvgIpc) is 2.68. The highest BCUT2D eigenvalue weighted by atomic mass is 32.2. The maximum atomic E-state index is 11.8. The van der Waals surface area contributed by atoms with Crippen LogP contribution < -0.4 is 4.72 Å². The van der Waals surface area contributed by atoms with Gasteiger partial charge in [-0.15, -0.1) is 23.2 Å². The van der Waals surface area contributed by atoms with Gasteiger partial charge in [0.1, 0.15) is 9.09 Å². The number of aryl methyl sites for hydroxylation is 1. The molecule has 1 aromatic heterocycles. The Bertz CT molecular complexity index is 605. The van der Waals surface area contributed by atoms with Gasteiger partial charge in [0.2, 0.25) is 10.0 Å². The summed E-state index contributed by atoms with van der Waals surface area (Å²) in [6.07, 6.45) is 0.422. The Morgan fingerprint density at radius 1 is 1.56 bits per heavy atom. The summed E-state index contributed by atoms with van der Waals surface area (Å²) in [4.78, 5) is 10.9. The van der Waals surface area contributed by atoms with Gasteiger partial charge in [-0.25, -0.2) is 17.9 Å². The van der Waals surface area contributed by atoms with Crippen LogP contribution in [0.15, 0.2) is 10.3 Å². The SMILES string of the molecule is CC#CCCNS(=O)(=O)c1cc(C)c(C(=O)O)s1. The molecule has 0 aliphatic heterocycles. The van der Waals surface area contributed by atoms with Crippen LogP contribution in [0.1, 0.15) is 28.6 Å². The van der Waals surface area contributed by atoms with Gasteiger partial charge in [-0.3, -0.25) is 0 Å². The molecule has 0 radical (unpaired) electrons. The van der Waals surface area contributed by atoms with Crippen LogP contribution in [0.4, 0.5) is 0 Å². The van der Waals surface area contributed by atoms with E-state index in [2.05, 4.69) is 16.6 Å². The minimum absolute atomic E-state index is 0.0156. The lowest BCUT2D eigenvalue weighted by Gasteiger charge is -2.01. The third-order valence-electron chi connectivity index (χ3n) is 2.07. The van der Waals surface area contributed by atoms with Crippen LogP contribution >= 0.6 is 11.3 Å². The molecule has 0 aromatic carbocycles. The third kappa shape index (κ3) is 3.57. The van der Waals surface area contributed by atoms with E-state index in [1.54, 1.807) is 13.8 Å². The van der Waals surface area contributed by atoms with Crippen molar-refractivity contribution < 1.29 is 18.3 Å². The second kappa shape index (κ2) is 6.00. The molecule has 7 heteroatoms. The van der Waals surface area contributed by atoms with E-state index in [-0.39, 0.29) is 15.6 Å². The topological polar surface area (TPSA) is 83.5 Å². The molecule has 98 valence electrons. The molecule has 0 unspecified atom stereocenters. The minimum atomic E-state index is -3.64. The van der Waals surface area contributed by atoms with Gasteiger partial charge in [-0.2, -0.15) is 0 Å². The molecular formula is C11H13NO4S2. The van der Waals surface area contributed by atoms with Crippen LogP contribution in [0, 0.1) is 18.8 Å². The molecule has 0 saturated carbocycles. The Kier molecular flexibility index (Phi) is 4.90. The maximum absolute atomic E-state index is 11.8. The van der Waals surface area contributed by atoms with Crippen LogP contribution in [0.5, 0.6) is 0 Å². The quantitative estimate of drug-likeness (QED) is 0.634. The van der Waals surface area contributed by atoms with Crippen molar-refractivity contribution in [1.82, 2.24) is 4.72 Å². The van der Waals surface area contributed by atoms with Gasteiger partial charge in [0.25, 0.3) is 0 Å². The molecule has 18 heavy (non-hydrogen) atoms. The molecule has 1 aromatic rings. The Morgan fingerprint density at radius 2 is 2.22 bits per heavy atom. The molecule has 2 N–H and O–H groups in total. The van der Waals surface area contributed by atoms with Crippen LogP contribution in [-0.2, 0) is 10.0 Å². The average molecular weight is 287 g/mol. The van der Waals surface area contributed by atoms with Crippen LogP contribution in [-0.4, -0.2) is 26.0 Å². The number of sulfonamides is 1. The van der Waals surface area contributed by atoms with Crippen LogP contribution in [0.2, 0.25) is 0 Å². The van der Waals surface area contributed by atoms with Crippen LogP contribution in [0.25, 0.3) is 0 Å². The summed E-state index contributed by atoms with van der Waals surface area (Å²) in [6, 6.07) is 1.36. The van der Waals surface area contributed by atoms with Gasteiger partial charge in [0, 0.05) is 13.0 Å². The highest BCUT2D eigenvalue weighted by molar-refractivity contribution is 7.91. The normalized spacial score (nSPS) is 10.8. The fourth-order valence-corrected chi connectivity index (χ4v) is 3.70. The number of rotatable bonds is 5. The molecule has 0 fully saturated rings. The number of carbonyl (C=O) groups is 1. The first-order valence-electron chi connectivity index (χ1n) is 5.11. The summed E-state index contributed by atoms with van der Waals surface area (Å²) in [5, 5.41) is 8.87. The summed E-state index contributed by atoms with van der Waals surface area (Å²) in [5.41, 5.74) is 0.446. The molecular weight excluding hydrogens is 274 g/mol. The van der Waals surface area contributed by atoms with Gasteiger partial charge in [-0.05, 0) is 25.5 Å². The molecule has 1 rings (SSSR count). The van der Waals surface area contributed by atoms with Gasteiger partial charge in [0.15, 0.2) is 0 Å². The Morgan fingerprint density at radius 3 is 2.72 bits per heavy atom. The first-order valence-corrected chi connectivity index (χ1v) is 7.41. The van der Waals surface area contributed by atoms with E-state index in [0.717, 1.165) is 11.3 Å². The molecule has 0 aliphatic rings. The first-order chi connectivity index (χ1) is 8.38. The summed E-state index contributed by atoms with van der Waals surface area (Å²) < 4.78 is 26.1. The van der Waals surface area contributed by atoms with Crippen molar-refractivity contribution in [3.05, 3.63) is 16.5 Å². The van der Waals surface area contributed by atoms with Gasteiger partial charge in [0.05, 0.1) is 0 Å². The second-order valence-corrected chi connectivity index (χ2v) is 6.50. The van der Waals surface area contributed by atoms with Gasteiger partial charge < -0.3 is 5.11 Å². The van der Waals surface area contributed by atoms with E-state index >= 15 is 0 Å². The highest BCUT2D eigenvalue weighted by Crippen LogP contribution is 2.25. The minimum Gasteiger partial charge on any atom is -0.477 e. The number of hydrogen-bond acceptors (Lipinski definition) is 4. The zero-order chi connectivity index (χ0) is 13.8. The van der Waals surface area contributed by atoms with Crippen molar-refractivity contribution in [3.8, 4) is 11.8 Å². The fourth-order valence-electron chi connectivity index (χ4n) is 1.24. The Labute approximate surface area is 110 Å². The molecule has 0 amide bonds. The zero-order valence-electron chi connectivity index (χ0n) is 9.98. The van der Waals surface area contributed by atoms with Crippen molar-refractivity contribution in [3.63, 3.8) is 0 Å². The lowest BCUT2D eigenvalue weighted by atomic mass is 10.3. The van der Waals surface area contributed by atoms with E-state index in [0.29, 0.717) is 12.0 Å². The predicted molar refractivity (Wildman–Crippen MR) is 69.3 cm³/mol. The standard InChI is InChI=1S/C11H13NO4S2/c1-3-4-5-6-12-18(15,16)9-7-8(2)10(17-9)11(13)14/h7,12H,5-6H2,1-2H3,(H,13,14). The molecule has 0 atom stereocenters. The monoisotopic (exact) mass is 287 g/mol. The van der Waals surface area contributed by atoms with E-state index in [1.165, 1.54) is 6.07 Å². The first kappa shape index (κ1) is 14.7. The lowest BCUT2D eigenvalue weighted by molar-refractivity contribution is 0.0701. The van der Waals surface area contributed by atoms with Gasteiger partial charge >= 0.3 is 5.97 Å². The van der Waals surface area contributed by atoms with Crippen molar-refractivity contribution in [2.45, 2.75) is 24.5 Å². The van der Waals surface area contributed by atoms with E-state index in [9.17, 15) is 13.2 Å². The molecule has 0 saturated heterocycles. The number of nitrogens with one attached hydrogen (secondary N) is 1. The second-order valence-electron chi connectivity index (χ2n) is 3.46. The maximum Gasteiger partial charge on any atom is 0.346 e. The molecule has 0 bridgehead atoms. The Hall–Kier alpha value is -1.36. The van der Waals surface area contributed by atoms with E-state index < -0.39 is 16.0 Å². The number of carboxylic acids is 1. The number of carboxylic acid groups (broad SMARTS) is 1. The van der Waals surface area contributed by atoms with E-state index in [1.807, 2.05) is 0 Å². The molecule has 0 spiro atoms. The number of thiophene rings is 1. The highest BCUT2D eigenvalue weighted by Gasteiger charge is 2.20. The summed E-state index contributed by atoms with van der Waals surface area (Å²) in [7, 11) is -3.64. The zero-order valence-corrected chi connectivity index (χ0v) is 11.6. The fraction of sp³-hybridized carbons (Fsp3) is 0.364. The summed E-state index contributed by atoms with van der Waals surface area (Å²) in [6.45, 7) is 3.46. The van der Waals surface area contributed by atoms with Crippen LogP contribution in [0.3, 0.4) is 0 Å². The molecule has 0 aliphatic carbocycles. The Balaban J connectivity index is 2.87. The predicted octanol–water partition coefficient (Wildman–Crippen LogP) is 1.45. The van der Waals surface area contributed by atoms with Crippen molar-refractivity contribution in [2.24, 2.45) is 0 Å². The van der Waals surface area contributed by atoms with E-state index in [4.69, 9.17) is 5.11 Å². The molecule has 5 nitrogen and oxygen atoms in total. The summed E-state index contributed by atoms with van der Waals surface area (Å²) in [5.74, 6) is 4.29. The number of aromatic carboxylic acids is 1. The van der Waals surface area contributed by atoms with Crippen molar-refractivity contribution in [1.29, 1.82) is 0 Å². The number of hydrogen-bond donors (Lipinski definition) is 2.